The predicted molar refractivity (Wildman–Crippen MR) is 103 cm³/mol. The average Bonchev–Trinajstić information content (AvgIpc) is 3.55. The number of nitrogens with one attached hydrogen (secondary N) is 2. The third-order valence-corrected chi connectivity index (χ3v) is 4.29. The molecule has 3 aromatic rings. The summed E-state index contributed by atoms with van der Waals surface area (Å²) in [4.78, 5) is 33.2. The van der Waals surface area contributed by atoms with Crippen molar-refractivity contribution >= 4 is 23.2 Å². The van der Waals surface area contributed by atoms with Crippen molar-refractivity contribution in [3.63, 3.8) is 0 Å². The van der Waals surface area contributed by atoms with Gasteiger partial charge in [-0.25, -0.2) is 9.97 Å². The number of hydrogen-bond donors (Lipinski definition) is 2. The lowest BCUT2D eigenvalue weighted by molar-refractivity contribution is 0.101. The minimum Gasteiger partial charge on any atom is -0.322 e. The number of amides is 2. The van der Waals surface area contributed by atoms with Crippen LogP contribution in [0.25, 0.3) is 0 Å². The zero-order valence-electron chi connectivity index (χ0n) is 14.6. The summed E-state index contributed by atoms with van der Waals surface area (Å²) < 4.78 is 0. The summed E-state index contributed by atoms with van der Waals surface area (Å²) in [7, 11) is 0. The second-order valence-corrected chi connectivity index (χ2v) is 6.43. The standard InChI is InChI=1S/C21H18N4O2/c26-20(23-16-4-2-1-3-5-16)15-8-10-17(11-9-15)24-21(27)18-12-13-22-19(25-18)14-6-7-14/h1-5,8-14H,6-7H2,(H,23,26)(H,24,27). The van der Waals surface area contributed by atoms with Gasteiger partial charge in [0.25, 0.3) is 11.8 Å². The Hall–Kier alpha value is -3.54. The SMILES string of the molecule is O=C(Nc1ccccc1)c1ccc(NC(=O)c2ccnc(C3CC3)n2)cc1. The first-order valence-electron chi connectivity index (χ1n) is 8.80. The summed E-state index contributed by atoms with van der Waals surface area (Å²) in [5.41, 5.74) is 2.19. The molecule has 2 N–H and O–H groups in total. The molecule has 1 saturated carbocycles. The van der Waals surface area contributed by atoms with Gasteiger partial charge in [0.2, 0.25) is 0 Å². The molecule has 0 unspecified atom stereocenters. The highest BCUT2D eigenvalue weighted by molar-refractivity contribution is 6.05. The maximum Gasteiger partial charge on any atom is 0.274 e. The maximum absolute atomic E-state index is 12.4. The van der Waals surface area contributed by atoms with Crippen LogP contribution in [0.15, 0.2) is 66.9 Å². The minimum absolute atomic E-state index is 0.205. The van der Waals surface area contributed by atoms with Crippen molar-refractivity contribution in [3.8, 4) is 0 Å². The van der Waals surface area contributed by atoms with Crippen LogP contribution in [0.4, 0.5) is 11.4 Å². The topological polar surface area (TPSA) is 84.0 Å². The van der Waals surface area contributed by atoms with Crippen LogP contribution in [-0.4, -0.2) is 21.8 Å². The van der Waals surface area contributed by atoms with E-state index in [1.54, 1.807) is 36.5 Å². The Labute approximate surface area is 156 Å². The number of nitrogens with zero attached hydrogens (tertiary/aromatic N) is 2. The molecule has 0 bridgehead atoms. The first-order valence-corrected chi connectivity index (χ1v) is 8.80. The Bertz CT molecular complexity index is 967. The lowest BCUT2D eigenvalue weighted by atomic mass is 10.2. The maximum atomic E-state index is 12.4. The number of aromatic nitrogens is 2. The van der Waals surface area contributed by atoms with Gasteiger partial charge in [-0.1, -0.05) is 18.2 Å². The number of benzene rings is 2. The highest BCUT2D eigenvalue weighted by Gasteiger charge is 2.27. The number of carbonyl (C=O) groups is 2. The van der Waals surface area contributed by atoms with Gasteiger partial charge in [-0.3, -0.25) is 9.59 Å². The van der Waals surface area contributed by atoms with Gasteiger partial charge in [-0.2, -0.15) is 0 Å². The van der Waals surface area contributed by atoms with E-state index in [2.05, 4.69) is 20.6 Å². The lowest BCUT2D eigenvalue weighted by Crippen LogP contribution is -2.15. The fourth-order valence-corrected chi connectivity index (χ4v) is 2.66. The molecule has 1 aromatic heterocycles. The molecule has 2 amide bonds. The van der Waals surface area contributed by atoms with E-state index >= 15 is 0 Å². The highest BCUT2D eigenvalue weighted by atomic mass is 16.2. The Morgan fingerprint density at radius 2 is 1.48 bits per heavy atom. The molecule has 1 fully saturated rings. The van der Waals surface area contributed by atoms with Gasteiger partial charge in [-0.15, -0.1) is 0 Å². The first-order chi connectivity index (χ1) is 13.2. The van der Waals surface area contributed by atoms with E-state index in [1.807, 2.05) is 30.3 Å². The summed E-state index contributed by atoms with van der Waals surface area (Å²) in [5, 5.41) is 5.62. The quantitative estimate of drug-likeness (QED) is 0.725. The van der Waals surface area contributed by atoms with E-state index in [1.165, 1.54) is 0 Å². The van der Waals surface area contributed by atoms with Crippen molar-refractivity contribution in [2.75, 3.05) is 10.6 Å². The zero-order chi connectivity index (χ0) is 18.6. The van der Waals surface area contributed by atoms with Crippen molar-refractivity contribution in [2.24, 2.45) is 0 Å². The van der Waals surface area contributed by atoms with Crippen molar-refractivity contribution in [1.82, 2.24) is 9.97 Å². The van der Waals surface area contributed by atoms with Crippen LogP contribution in [0.1, 0.15) is 45.4 Å². The minimum atomic E-state index is -0.291. The molecule has 1 heterocycles. The van der Waals surface area contributed by atoms with Crippen molar-refractivity contribution in [1.29, 1.82) is 0 Å². The predicted octanol–water partition coefficient (Wildman–Crippen LogP) is 3.86. The monoisotopic (exact) mass is 358 g/mol. The van der Waals surface area contributed by atoms with Gasteiger partial charge < -0.3 is 10.6 Å². The average molecular weight is 358 g/mol. The second-order valence-electron chi connectivity index (χ2n) is 6.43. The molecule has 1 aliphatic carbocycles. The molecule has 0 atom stereocenters. The summed E-state index contributed by atoms with van der Waals surface area (Å²) in [6.07, 6.45) is 3.78. The van der Waals surface area contributed by atoms with E-state index in [0.29, 0.717) is 22.9 Å². The third-order valence-electron chi connectivity index (χ3n) is 4.29. The first kappa shape index (κ1) is 16.9. The molecule has 4 rings (SSSR count). The lowest BCUT2D eigenvalue weighted by Gasteiger charge is -2.08. The Morgan fingerprint density at radius 1 is 0.815 bits per heavy atom. The van der Waals surface area contributed by atoms with Crippen LogP contribution < -0.4 is 10.6 Å². The molecule has 6 heteroatoms. The number of para-hydroxylation sites is 1. The van der Waals surface area contributed by atoms with Crippen molar-refractivity contribution < 1.29 is 9.59 Å². The van der Waals surface area contributed by atoms with Crippen LogP contribution >= 0.6 is 0 Å². The largest absolute Gasteiger partial charge is 0.322 e. The van der Waals surface area contributed by atoms with Gasteiger partial charge in [-0.05, 0) is 55.3 Å². The smallest absolute Gasteiger partial charge is 0.274 e. The second kappa shape index (κ2) is 7.37. The van der Waals surface area contributed by atoms with Gasteiger partial charge >= 0.3 is 0 Å². The van der Waals surface area contributed by atoms with Crippen LogP contribution in [0.3, 0.4) is 0 Å². The Morgan fingerprint density at radius 3 is 2.19 bits per heavy atom. The summed E-state index contributed by atoms with van der Waals surface area (Å²) in [6.45, 7) is 0. The fourth-order valence-electron chi connectivity index (χ4n) is 2.66. The van der Waals surface area contributed by atoms with E-state index in [0.717, 1.165) is 24.4 Å². The number of hydrogen-bond acceptors (Lipinski definition) is 4. The van der Waals surface area contributed by atoms with Gasteiger partial charge in [0.15, 0.2) is 0 Å². The van der Waals surface area contributed by atoms with Crippen molar-refractivity contribution in [2.45, 2.75) is 18.8 Å². The molecule has 134 valence electrons. The van der Waals surface area contributed by atoms with E-state index < -0.39 is 0 Å². The normalized spacial score (nSPS) is 13.0. The van der Waals surface area contributed by atoms with E-state index in [4.69, 9.17) is 0 Å². The summed E-state index contributed by atoms with van der Waals surface area (Å²) in [6, 6.07) is 17.6. The molecule has 0 aliphatic heterocycles. The van der Waals surface area contributed by atoms with E-state index in [-0.39, 0.29) is 11.8 Å². The third kappa shape index (κ3) is 4.17. The molecule has 0 saturated heterocycles. The van der Waals surface area contributed by atoms with Crippen LogP contribution in [0, 0.1) is 0 Å². The molecule has 2 aromatic carbocycles. The van der Waals surface area contributed by atoms with E-state index in [9.17, 15) is 9.59 Å². The van der Waals surface area contributed by atoms with Crippen LogP contribution in [0.5, 0.6) is 0 Å². The fraction of sp³-hybridized carbons (Fsp3) is 0.143. The molecule has 6 nitrogen and oxygen atoms in total. The van der Waals surface area contributed by atoms with Crippen molar-refractivity contribution in [3.05, 3.63) is 83.9 Å². The Kier molecular flexibility index (Phi) is 4.61. The van der Waals surface area contributed by atoms with Crippen LogP contribution in [0.2, 0.25) is 0 Å². The molecular formula is C21H18N4O2. The molecule has 0 spiro atoms. The van der Waals surface area contributed by atoms with Gasteiger partial charge in [0.1, 0.15) is 11.5 Å². The molecule has 27 heavy (non-hydrogen) atoms. The summed E-state index contributed by atoms with van der Waals surface area (Å²) >= 11 is 0. The molecular weight excluding hydrogens is 340 g/mol. The van der Waals surface area contributed by atoms with Gasteiger partial charge in [0, 0.05) is 29.1 Å². The molecule has 0 radical (unpaired) electrons. The number of anilines is 2. The number of carbonyl (C=O) groups excluding carboxylic acids is 2. The number of rotatable bonds is 5. The van der Waals surface area contributed by atoms with Crippen LogP contribution in [-0.2, 0) is 0 Å². The highest BCUT2D eigenvalue weighted by Crippen LogP contribution is 2.37. The van der Waals surface area contributed by atoms with Gasteiger partial charge in [0.05, 0.1) is 0 Å². The molecule has 1 aliphatic rings. The summed E-state index contributed by atoms with van der Waals surface area (Å²) in [5.74, 6) is 0.625. The Balaban J connectivity index is 1.40. The zero-order valence-corrected chi connectivity index (χ0v) is 14.6.